The molecule has 21 heavy (non-hydrogen) atoms. The molecule has 0 saturated carbocycles. The van der Waals surface area contributed by atoms with Crippen LogP contribution in [0, 0.1) is 5.92 Å². The van der Waals surface area contributed by atoms with Gasteiger partial charge in [0.25, 0.3) is 0 Å². The van der Waals surface area contributed by atoms with E-state index >= 15 is 0 Å². The molecule has 5 heteroatoms. The molecule has 2 unspecified atom stereocenters. The number of nitrogens with zero attached hydrogens (tertiary/aromatic N) is 1. The maximum absolute atomic E-state index is 12.3. The van der Waals surface area contributed by atoms with Gasteiger partial charge in [-0.2, -0.15) is 0 Å². The van der Waals surface area contributed by atoms with Gasteiger partial charge in [0.1, 0.15) is 0 Å². The quantitative estimate of drug-likeness (QED) is 0.710. The summed E-state index contributed by atoms with van der Waals surface area (Å²) >= 11 is 0. The standard InChI is InChI=1S/C16H28N2O3/c1-2-3-4-5-8-17-16(21)18-13-6-7-14(18)10-12(9-13)11-15(19)20/h12-14H,2-11H2,1H3,(H,17,21)(H,19,20). The highest BCUT2D eigenvalue weighted by Gasteiger charge is 2.43. The molecule has 2 N–H and O–H groups in total. The summed E-state index contributed by atoms with van der Waals surface area (Å²) in [5.41, 5.74) is 0. The number of aliphatic carboxylic acids is 1. The molecule has 0 aromatic heterocycles. The number of hydrogen-bond acceptors (Lipinski definition) is 2. The van der Waals surface area contributed by atoms with Crippen LogP contribution in [0.2, 0.25) is 0 Å². The predicted octanol–water partition coefficient (Wildman–Crippen LogP) is 2.99. The molecule has 2 rings (SSSR count). The molecule has 2 aliphatic heterocycles. The van der Waals surface area contributed by atoms with Crippen LogP contribution in [0.1, 0.15) is 64.7 Å². The van der Waals surface area contributed by atoms with Crippen molar-refractivity contribution >= 4 is 12.0 Å². The molecule has 2 bridgehead atoms. The molecule has 2 atom stereocenters. The van der Waals surface area contributed by atoms with Gasteiger partial charge in [0.05, 0.1) is 0 Å². The van der Waals surface area contributed by atoms with Crippen LogP contribution in [-0.4, -0.2) is 40.6 Å². The molecule has 0 spiro atoms. The maximum Gasteiger partial charge on any atom is 0.317 e. The SMILES string of the molecule is CCCCCCNC(=O)N1C2CCC1CC(CC(=O)O)C2. The Balaban J connectivity index is 1.77. The van der Waals surface area contributed by atoms with Gasteiger partial charge in [0.2, 0.25) is 0 Å². The van der Waals surface area contributed by atoms with E-state index in [1.165, 1.54) is 19.3 Å². The molecule has 2 amide bonds. The van der Waals surface area contributed by atoms with Crippen LogP contribution < -0.4 is 5.32 Å². The van der Waals surface area contributed by atoms with Gasteiger partial charge in [0, 0.05) is 25.0 Å². The minimum absolute atomic E-state index is 0.0628. The molecule has 5 nitrogen and oxygen atoms in total. The summed E-state index contributed by atoms with van der Waals surface area (Å²) in [4.78, 5) is 25.2. The average molecular weight is 296 g/mol. The van der Waals surface area contributed by atoms with Crippen LogP contribution in [0.25, 0.3) is 0 Å². The summed E-state index contributed by atoms with van der Waals surface area (Å²) < 4.78 is 0. The van der Waals surface area contributed by atoms with Gasteiger partial charge in [0.15, 0.2) is 0 Å². The summed E-state index contributed by atoms with van der Waals surface area (Å²) in [6.45, 7) is 2.94. The van der Waals surface area contributed by atoms with Crippen LogP contribution in [-0.2, 0) is 4.79 Å². The first kappa shape index (κ1) is 16.1. The average Bonchev–Trinajstić information content (AvgIpc) is 2.69. The van der Waals surface area contributed by atoms with Crippen LogP contribution in [0.4, 0.5) is 4.79 Å². The highest BCUT2D eigenvalue weighted by Crippen LogP contribution is 2.39. The Bertz CT molecular complexity index is 359. The number of unbranched alkanes of at least 4 members (excludes halogenated alkanes) is 3. The number of nitrogens with one attached hydrogen (secondary N) is 1. The van der Waals surface area contributed by atoms with E-state index in [9.17, 15) is 9.59 Å². The zero-order valence-corrected chi connectivity index (χ0v) is 13.0. The Morgan fingerprint density at radius 2 is 1.81 bits per heavy atom. The van der Waals surface area contributed by atoms with E-state index in [0.717, 1.165) is 38.6 Å². The smallest absolute Gasteiger partial charge is 0.317 e. The molecule has 2 heterocycles. The minimum atomic E-state index is -0.715. The van der Waals surface area contributed by atoms with Crippen molar-refractivity contribution in [1.82, 2.24) is 10.2 Å². The first-order valence-electron chi connectivity index (χ1n) is 8.39. The molecule has 2 aliphatic rings. The number of rotatable bonds is 7. The highest BCUT2D eigenvalue weighted by molar-refractivity contribution is 5.75. The second kappa shape index (κ2) is 7.66. The Hall–Kier alpha value is -1.26. The van der Waals surface area contributed by atoms with Gasteiger partial charge in [-0.15, -0.1) is 0 Å². The second-order valence-corrected chi connectivity index (χ2v) is 6.52. The Morgan fingerprint density at radius 1 is 1.14 bits per heavy atom. The lowest BCUT2D eigenvalue weighted by Crippen LogP contribution is -2.51. The number of carboxylic acids is 1. The number of urea groups is 1. The minimum Gasteiger partial charge on any atom is -0.481 e. The Labute approximate surface area is 127 Å². The zero-order chi connectivity index (χ0) is 15.2. The van der Waals surface area contributed by atoms with Crippen molar-refractivity contribution in [2.45, 2.75) is 76.8 Å². The second-order valence-electron chi connectivity index (χ2n) is 6.52. The largest absolute Gasteiger partial charge is 0.481 e. The predicted molar refractivity (Wildman–Crippen MR) is 81.2 cm³/mol. The molecule has 0 aromatic rings. The lowest BCUT2D eigenvalue weighted by atomic mass is 9.88. The van der Waals surface area contributed by atoms with Crippen LogP contribution in [0.15, 0.2) is 0 Å². The topological polar surface area (TPSA) is 69.6 Å². The van der Waals surface area contributed by atoms with Gasteiger partial charge >= 0.3 is 12.0 Å². The van der Waals surface area contributed by atoms with Gasteiger partial charge < -0.3 is 15.3 Å². The van der Waals surface area contributed by atoms with Crippen molar-refractivity contribution in [2.24, 2.45) is 5.92 Å². The fourth-order valence-corrected chi connectivity index (χ4v) is 3.87. The van der Waals surface area contributed by atoms with Crippen molar-refractivity contribution < 1.29 is 14.7 Å². The Kier molecular flexibility index (Phi) is 5.88. The molecule has 0 radical (unpaired) electrons. The van der Waals surface area contributed by atoms with E-state index in [-0.39, 0.29) is 30.5 Å². The molecule has 120 valence electrons. The summed E-state index contributed by atoms with van der Waals surface area (Å²) in [7, 11) is 0. The number of fused-ring (bicyclic) bond motifs is 2. The summed E-state index contributed by atoms with van der Waals surface area (Å²) in [6, 6.07) is 0.570. The van der Waals surface area contributed by atoms with Gasteiger partial charge in [-0.25, -0.2) is 4.79 Å². The Morgan fingerprint density at radius 3 is 2.38 bits per heavy atom. The van der Waals surface area contributed by atoms with Crippen LogP contribution in [0.3, 0.4) is 0 Å². The third kappa shape index (κ3) is 4.35. The monoisotopic (exact) mass is 296 g/mol. The van der Waals surface area contributed by atoms with Gasteiger partial charge in [-0.05, 0) is 38.0 Å². The lowest BCUT2D eigenvalue weighted by Gasteiger charge is -2.38. The van der Waals surface area contributed by atoms with Crippen molar-refractivity contribution in [3.63, 3.8) is 0 Å². The van der Waals surface area contributed by atoms with E-state index in [4.69, 9.17) is 5.11 Å². The normalized spacial score (nSPS) is 27.7. The molecular formula is C16H28N2O3. The fourth-order valence-electron chi connectivity index (χ4n) is 3.87. The third-order valence-corrected chi connectivity index (χ3v) is 4.84. The van der Waals surface area contributed by atoms with Crippen molar-refractivity contribution in [1.29, 1.82) is 0 Å². The van der Waals surface area contributed by atoms with Crippen LogP contribution >= 0.6 is 0 Å². The first-order chi connectivity index (χ1) is 10.1. The van der Waals surface area contributed by atoms with Crippen molar-refractivity contribution in [3.05, 3.63) is 0 Å². The van der Waals surface area contributed by atoms with Gasteiger partial charge in [-0.1, -0.05) is 26.2 Å². The summed E-state index contributed by atoms with van der Waals surface area (Å²) in [5, 5.41) is 12.0. The van der Waals surface area contributed by atoms with E-state index in [2.05, 4.69) is 12.2 Å². The highest BCUT2D eigenvalue weighted by atomic mass is 16.4. The molecule has 2 saturated heterocycles. The third-order valence-electron chi connectivity index (χ3n) is 4.84. The molecule has 2 fully saturated rings. The maximum atomic E-state index is 12.3. The van der Waals surface area contributed by atoms with Crippen LogP contribution in [0.5, 0.6) is 0 Å². The molecular weight excluding hydrogens is 268 g/mol. The first-order valence-corrected chi connectivity index (χ1v) is 8.39. The van der Waals surface area contributed by atoms with Crippen molar-refractivity contribution in [2.75, 3.05) is 6.54 Å². The number of carboxylic acid groups (broad SMARTS) is 1. The van der Waals surface area contributed by atoms with E-state index in [0.29, 0.717) is 0 Å². The van der Waals surface area contributed by atoms with E-state index in [1.807, 2.05) is 4.90 Å². The summed E-state index contributed by atoms with van der Waals surface area (Å²) in [5.74, 6) is -0.471. The van der Waals surface area contributed by atoms with E-state index < -0.39 is 5.97 Å². The van der Waals surface area contributed by atoms with E-state index in [1.54, 1.807) is 0 Å². The van der Waals surface area contributed by atoms with Crippen molar-refractivity contribution in [3.8, 4) is 0 Å². The fraction of sp³-hybridized carbons (Fsp3) is 0.875. The molecule has 0 aromatic carbocycles. The zero-order valence-electron chi connectivity index (χ0n) is 13.0. The number of piperidine rings is 1. The summed E-state index contributed by atoms with van der Waals surface area (Å²) in [6.07, 6.45) is 8.66. The number of carbonyl (C=O) groups is 2. The lowest BCUT2D eigenvalue weighted by molar-refractivity contribution is -0.138. The number of hydrogen-bond donors (Lipinski definition) is 2. The van der Waals surface area contributed by atoms with Gasteiger partial charge in [-0.3, -0.25) is 4.79 Å². The molecule has 0 aliphatic carbocycles. The number of carbonyl (C=O) groups excluding carboxylic acids is 1. The number of amides is 2.